The van der Waals surface area contributed by atoms with Crippen LogP contribution in [0.2, 0.25) is 5.02 Å². The molecule has 3 N–H and O–H groups in total. The molecule has 9 heteroatoms. The van der Waals surface area contributed by atoms with Crippen LogP contribution in [0.25, 0.3) is 10.2 Å². The third-order valence-corrected chi connectivity index (χ3v) is 7.64. The number of carbonyl (C=O) groups is 1. The second-order valence-electron chi connectivity index (χ2n) is 8.92. The van der Waals surface area contributed by atoms with Crippen molar-refractivity contribution in [1.82, 2.24) is 14.8 Å². The highest BCUT2D eigenvalue weighted by atomic mass is 35.5. The average Bonchev–Trinajstić information content (AvgIpc) is 3.17. The number of phenolic OH excluding ortho intramolecular Hbond substituents is 1. The van der Waals surface area contributed by atoms with E-state index in [1.54, 1.807) is 42.6 Å². The van der Waals surface area contributed by atoms with E-state index in [0.717, 1.165) is 27.1 Å². The van der Waals surface area contributed by atoms with E-state index in [1.165, 1.54) is 11.3 Å². The molecule has 1 amide bonds. The Bertz CT molecular complexity index is 1450. The van der Waals surface area contributed by atoms with E-state index < -0.39 is 12.0 Å². The summed E-state index contributed by atoms with van der Waals surface area (Å²) in [6, 6.07) is 13.7. The third-order valence-electron chi connectivity index (χ3n) is 6.13. The number of nitrogens with one attached hydrogen (secondary N) is 1. The molecule has 4 aromatic rings. The van der Waals surface area contributed by atoms with E-state index in [0.29, 0.717) is 29.4 Å². The van der Waals surface area contributed by atoms with Gasteiger partial charge >= 0.3 is 0 Å². The van der Waals surface area contributed by atoms with Crippen molar-refractivity contribution >= 4 is 39.1 Å². The van der Waals surface area contributed by atoms with Crippen LogP contribution in [-0.2, 0) is 20.1 Å². The lowest BCUT2D eigenvalue weighted by Crippen LogP contribution is -2.29. The number of thiophene rings is 1. The number of fused-ring (bicyclic) bond motifs is 1. The van der Waals surface area contributed by atoms with E-state index in [1.807, 2.05) is 42.6 Å². The van der Waals surface area contributed by atoms with Crippen LogP contribution in [0, 0.1) is 6.92 Å². The topological polar surface area (TPSA) is 94.8 Å². The molecule has 0 spiro atoms. The van der Waals surface area contributed by atoms with Gasteiger partial charge in [-0.3, -0.25) is 14.5 Å². The van der Waals surface area contributed by atoms with E-state index >= 15 is 0 Å². The van der Waals surface area contributed by atoms with Crippen molar-refractivity contribution in [2.45, 2.75) is 26.1 Å². The molecular weight excluding hydrogens is 498 g/mol. The number of phenols is 1. The van der Waals surface area contributed by atoms with Gasteiger partial charge < -0.3 is 20.1 Å². The first kappa shape index (κ1) is 25.9. The van der Waals surface area contributed by atoms with Gasteiger partial charge in [-0.15, -0.1) is 11.3 Å². The molecule has 2 heterocycles. The Kier molecular flexibility index (Phi) is 7.80. The minimum atomic E-state index is -0.715. The van der Waals surface area contributed by atoms with Crippen LogP contribution >= 0.6 is 22.9 Å². The number of aromatic hydroxyl groups is 1. The van der Waals surface area contributed by atoms with Crippen molar-refractivity contribution < 1.29 is 15.0 Å². The number of amides is 1. The number of hydrogen-bond donors (Lipinski definition) is 3. The Morgan fingerprint density at radius 1 is 1.17 bits per heavy atom. The number of likely N-dealkylation sites (N-methyl/N-ethyl adjacent to an activating group) is 1. The predicted octanol–water partition coefficient (Wildman–Crippen LogP) is 4.36. The summed E-state index contributed by atoms with van der Waals surface area (Å²) in [4.78, 5) is 29.1. The quantitative estimate of drug-likeness (QED) is 0.318. The number of aryl methyl sites for hydroxylation is 2. The molecule has 188 valence electrons. The summed E-state index contributed by atoms with van der Waals surface area (Å²) in [7, 11) is 3.74. The van der Waals surface area contributed by atoms with Crippen LogP contribution in [0.4, 0.5) is 0 Å². The first-order chi connectivity index (χ1) is 17.1. The lowest BCUT2D eigenvalue weighted by Gasteiger charge is -2.20. The van der Waals surface area contributed by atoms with Crippen molar-refractivity contribution in [2.75, 3.05) is 13.6 Å². The summed E-state index contributed by atoms with van der Waals surface area (Å²) >= 11 is 7.30. The summed E-state index contributed by atoms with van der Waals surface area (Å²) in [5.74, 6) is -0.270. The Balaban J connectivity index is 1.52. The molecule has 36 heavy (non-hydrogen) atoms. The molecule has 0 saturated carbocycles. The van der Waals surface area contributed by atoms with E-state index in [9.17, 15) is 19.8 Å². The maximum Gasteiger partial charge on any atom is 0.257 e. The number of hydrogen-bond acceptors (Lipinski definition) is 6. The molecule has 0 bridgehead atoms. The summed E-state index contributed by atoms with van der Waals surface area (Å²) < 4.78 is 2.37. The van der Waals surface area contributed by atoms with Gasteiger partial charge in [0.15, 0.2) is 0 Å². The van der Waals surface area contributed by atoms with Gasteiger partial charge in [0.1, 0.15) is 11.3 Å². The van der Waals surface area contributed by atoms with E-state index in [2.05, 4.69) is 5.32 Å². The number of aromatic nitrogens is 1. The smallest absolute Gasteiger partial charge is 0.257 e. The molecule has 0 aliphatic heterocycles. The van der Waals surface area contributed by atoms with Crippen molar-refractivity contribution in [3.05, 3.63) is 97.1 Å². The van der Waals surface area contributed by atoms with Crippen molar-refractivity contribution in [1.29, 1.82) is 0 Å². The van der Waals surface area contributed by atoms with Crippen LogP contribution in [0.3, 0.4) is 0 Å². The zero-order valence-corrected chi connectivity index (χ0v) is 21.9. The SMILES string of the molecule is Cc1c(CN(C)CC(O)c2ccc(O)cc2)sc2c(=O)c(C(=O)NCc3ccc(Cl)cc3)cn(C)c12. The van der Waals surface area contributed by atoms with Crippen molar-refractivity contribution in [3.8, 4) is 5.75 Å². The minimum absolute atomic E-state index is 0.0999. The number of halogens is 1. The number of nitrogens with zero attached hydrogens (tertiary/aromatic N) is 2. The lowest BCUT2D eigenvalue weighted by atomic mass is 10.1. The standard InChI is InChI=1S/C27H28ClN3O4S/c1-16-23(15-30(2)14-22(33)18-6-10-20(32)11-7-18)36-26-24(16)31(3)13-21(25(26)34)27(35)29-12-17-4-8-19(28)9-5-17/h4-11,13,22,32-33H,12,14-15H2,1-3H3,(H,29,35). The fraction of sp³-hybridized carbons (Fsp3) is 0.259. The highest BCUT2D eigenvalue weighted by Gasteiger charge is 2.21. The zero-order chi connectivity index (χ0) is 26.0. The Hall–Kier alpha value is -3.17. The van der Waals surface area contributed by atoms with Gasteiger partial charge in [0.25, 0.3) is 5.91 Å². The van der Waals surface area contributed by atoms with Crippen LogP contribution in [0.15, 0.2) is 59.5 Å². The molecular formula is C27H28ClN3O4S. The van der Waals surface area contributed by atoms with Crippen LogP contribution < -0.4 is 10.7 Å². The number of carbonyl (C=O) groups excluding carboxylic acids is 1. The van der Waals surface area contributed by atoms with Crippen LogP contribution in [0.1, 0.15) is 38.0 Å². The van der Waals surface area contributed by atoms with Gasteiger partial charge in [-0.1, -0.05) is 35.9 Å². The van der Waals surface area contributed by atoms with Crippen LogP contribution in [-0.4, -0.2) is 39.2 Å². The van der Waals surface area contributed by atoms with Gasteiger partial charge in [-0.05, 0) is 54.9 Å². The van der Waals surface area contributed by atoms with Crippen LogP contribution in [0.5, 0.6) is 5.75 Å². The van der Waals surface area contributed by atoms with E-state index in [-0.39, 0.29) is 16.7 Å². The average molecular weight is 526 g/mol. The highest BCUT2D eigenvalue weighted by molar-refractivity contribution is 7.19. The van der Waals surface area contributed by atoms with Gasteiger partial charge in [0, 0.05) is 42.8 Å². The summed E-state index contributed by atoms with van der Waals surface area (Å²) in [5.41, 5.74) is 3.20. The first-order valence-electron chi connectivity index (χ1n) is 11.4. The highest BCUT2D eigenvalue weighted by Crippen LogP contribution is 2.30. The monoisotopic (exact) mass is 525 g/mol. The molecule has 1 unspecified atom stereocenters. The largest absolute Gasteiger partial charge is 0.508 e. The number of benzene rings is 2. The molecule has 0 saturated heterocycles. The first-order valence-corrected chi connectivity index (χ1v) is 12.6. The summed E-state index contributed by atoms with van der Waals surface area (Å²) in [6.45, 7) is 3.18. The minimum Gasteiger partial charge on any atom is -0.508 e. The Morgan fingerprint density at radius 3 is 2.50 bits per heavy atom. The van der Waals surface area contributed by atoms with Gasteiger partial charge in [-0.2, -0.15) is 0 Å². The second-order valence-corrected chi connectivity index (χ2v) is 10.5. The third kappa shape index (κ3) is 5.63. The molecule has 0 fully saturated rings. The fourth-order valence-electron chi connectivity index (χ4n) is 4.17. The van der Waals surface area contributed by atoms with Crippen molar-refractivity contribution in [2.24, 2.45) is 7.05 Å². The van der Waals surface area contributed by atoms with Gasteiger partial charge in [0.05, 0.1) is 16.3 Å². The second kappa shape index (κ2) is 10.8. The normalized spacial score (nSPS) is 12.3. The fourth-order valence-corrected chi connectivity index (χ4v) is 5.67. The zero-order valence-electron chi connectivity index (χ0n) is 20.3. The molecule has 7 nitrogen and oxygen atoms in total. The number of aliphatic hydroxyl groups excluding tert-OH is 1. The molecule has 2 aromatic heterocycles. The molecule has 2 aromatic carbocycles. The Morgan fingerprint density at radius 2 is 1.83 bits per heavy atom. The lowest BCUT2D eigenvalue weighted by molar-refractivity contribution is 0.0949. The molecule has 0 aliphatic carbocycles. The maximum atomic E-state index is 13.3. The molecule has 0 radical (unpaired) electrons. The summed E-state index contributed by atoms with van der Waals surface area (Å²) in [5, 5.41) is 23.5. The molecule has 4 rings (SSSR count). The van der Waals surface area contributed by atoms with Gasteiger partial charge in [-0.25, -0.2) is 0 Å². The summed E-state index contributed by atoms with van der Waals surface area (Å²) in [6.07, 6.45) is 0.872. The van der Waals surface area contributed by atoms with Gasteiger partial charge in [0.2, 0.25) is 5.43 Å². The predicted molar refractivity (Wildman–Crippen MR) is 144 cm³/mol. The maximum absolute atomic E-state index is 13.3. The van der Waals surface area contributed by atoms with Crippen molar-refractivity contribution in [3.63, 3.8) is 0 Å². The Labute approximate surface area is 218 Å². The number of rotatable bonds is 8. The number of aliphatic hydroxyl groups is 1. The van der Waals surface area contributed by atoms with E-state index in [4.69, 9.17) is 11.6 Å². The number of pyridine rings is 1. The molecule has 0 aliphatic rings. The molecule has 1 atom stereocenters.